The predicted octanol–water partition coefficient (Wildman–Crippen LogP) is 2.52. The third kappa shape index (κ3) is 10.1. The molecule has 0 amide bonds. The summed E-state index contributed by atoms with van der Waals surface area (Å²) in [5, 5.41) is 0. The Balaban J connectivity index is 3.22. The molecule has 0 atom stereocenters. The Hall–Kier alpha value is 0.0500. The summed E-state index contributed by atoms with van der Waals surface area (Å²) >= 11 is 11.3. The molecule has 0 radical (unpaired) electrons. The number of halogens is 2. The molecule has 0 bridgehead atoms. The molecule has 0 fully saturated rings. The van der Waals surface area contributed by atoms with Crippen LogP contribution in [0.1, 0.15) is 26.7 Å². The first-order chi connectivity index (χ1) is 4.92. The Labute approximate surface area is 76.8 Å². The molecule has 0 spiro atoms. The van der Waals surface area contributed by atoms with Gasteiger partial charge in [0.25, 0.3) is 0 Å². The van der Waals surface area contributed by atoms with Crippen molar-refractivity contribution in [3.8, 4) is 0 Å². The minimum absolute atomic E-state index is 0.268. The van der Waals surface area contributed by atoms with Crippen molar-refractivity contribution < 1.29 is 9.53 Å². The fourth-order valence-corrected chi connectivity index (χ4v) is 0.866. The molecule has 0 N–H and O–H groups in total. The molecule has 0 unspecified atom stereocenters. The van der Waals surface area contributed by atoms with E-state index in [-0.39, 0.29) is 5.97 Å². The van der Waals surface area contributed by atoms with Gasteiger partial charge in [0.15, 0.2) is 0 Å². The molecule has 0 aliphatic carbocycles. The van der Waals surface area contributed by atoms with E-state index in [1.807, 2.05) is 0 Å². The lowest BCUT2D eigenvalue weighted by Gasteiger charge is -2.11. The van der Waals surface area contributed by atoms with Gasteiger partial charge in [-0.15, -0.1) is 23.2 Å². The van der Waals surface area contributed by atoms with Crippen LogP contribution in [0.3, 0.4) is 0 Å². The number of alkyl halides is 2. The van der Waals surface area contributed by atoms with Gasteiger partial charge in [-0.25, -0.2) is 0 Å². The molecule has 4 heteroatoms. The molecule has 11 heavy (non-hydrogen) atoms. The summed E-state index contributed by atoms with van der Waals surface area (Å²) in [6, 6.07) is 0. The minimum atomic E-state index is -0.708. The predicted molar refractivity (Wildman–Crippen MR) is 46.0 cm³/mol. The zero-order chi connectivity index (χ0) is 8.91. The van der Waals surface area contributed by atoms with Gasteiger partial charge < -0.3 is 4.74 Å². The third-order valence-electron chi connectivity index (χ3n) is 1.07. The van der Waals surface area contributed by atoms with Crippen LogP contribution in [-0.4, -0.2) is 16.9 Å². The van der Waals surface area contributed by atoms with Gasteiger partial charge in [0.05, 0.1) is 6.61 Å². The van der Waals surface area contributed by atoms with Crippen molar-refractivity contribution in [2.75, 3.05) is 6.61 Å². The van der Waals surface area contributed by atoms with Gasteiger partial charge in [-0.3, -0.25) is 4.79 Å². The molecular weight excluding hydrogens is 187 g/mol. The van der Waals surface area contributed by atoms with Crippen molar-refractivity contribution in [1.29, 1.82) is 0 Å². The first kappa shape index (κ1) is 11.1. The molecule has 0 saturated heterocycles. The molecule has 0 aromatic rings. The van der Waals surface area contributed by atoms with Gasteiger partial charge in [0.2, 0.25) is 0 Å². The Morgan fingerprint density at radius 3 is 2.45 bits per heavy atom. The Kier molecular flexibility index (Phi) is 4.86. The van der Waals surface area contributed by atoms with Gasteiger partial charge in [0, 0.05) is 6.92 Å². The zero-order valence-corrected chi connectivity index (χ0v) is 8.21. The Morgan fingerprint density at radius 1 is 1.55 bits per heavy atom. The van der Waals surface area contributed by atoms with E-state index in [4.69, 9.17) is 23.2 Å². The van der Waals surface area contributed by atoms with Gasteiger partial charge >= 0.3 is 5.97 Å². The highest BCUT2D eigenvalue weighted by atomic mass is 35.5. The topological polar surface area (TPSA) is 26.3 Å². The summed E-state index contributed by atoms with van der Waals surface area (Å²) < 4.78 is 3.97. The van der Waals surface area contributed by atoms with E-state index in [9.17, 15) is 4.79 Å². The first-order valence-electron chi connectivity index (χ1n) is 3.43. The smallest absolute Gasteiger partial charge is 0.302 e. The van der Waals surface area contributed by atoms with Crippen LogP contribution >= 0.6 is 23.2 Å². The van der Waals surface area contributed by atoms with Crippen molar-refractivity contribution in [2.24, 2.45) is 0 Å². The first-order valence-corrected chi connectivity index (χ1v) is 4.18. The highest BCUT2D eigenvalue weighted by molar-refractivity contribution is 6.48. The average Bonchev–Trinajstić information content (AvgIpc) is 1.78. The summed E-state index contributed by atoms with van der Waals surface area (Å²) in [6.45, 7) is 3.48. The molecule has 0 aromatic carbocycles. The van der Waals surface area contributed by atoms with Gasteiger partial charge in [-0.2, -0.15) is 0 Å². The maximum Gasteiger partial charge on any atom is 0.302 e. The number of ether oxygens (including phenoxy) is 1. The van der Waals surface area contributed by atoms with Crippen LogP contribution in [0.4, 0.5) is 0 Å². The highest BCUT2D eigenvalue weighted by Gasteiger charge is 2.15. The normalized spacial score (nSPS) is 11.3. The second-order valence-electron chi connectivity index (χ2n) is 2.51. The van der Waals surface area contributed by atoms with Crippen molar-refractivity contribution in [3.05, 3.63) is 0 Å². The van der Waals surface area contributed by atoms with Gasteiger partial charge in [-0.1, -0.05) is 0 Å². The van der Waals surface area contributed by atoms with Gasteiger partial charge in [0.1, 0.15) is 4.33 Å². The van der Waals surface area contributed by atoms with E-state index in [0.717, 1.165) is 0 Å². The van der Waals surface area contributed by atoms with E-state index in [2.05, 4.69) is 4.74 Å². The molecule has 0 rings (SSSR count). The average molecular weight is 199 g/mol. The number of rotatable bonds is 4. The number of esters is 1. The van der Waals surface area contributed by atoms with Crippen molar-refractivity contribution in [2.45, 2.75) is 31.0 Å². The van der Waals surface area contributed by atoms with Crippen molar-refractivity contribution in [1.82, 2.24) is 0 Å². The molecule has 0 aliphatic heterocycles. The number of hydrogen-bond donors (Lipinski definition) is 0. The molecule has 0 aromatic heterocycles. The molecule has 2 nitrogen and oxygen atoms in total. The third-order valence-corrected chi connectivity index (χ3v) is 1.44. The van der Waals surface area contributed by atoms with Crippen LogP contribution in [0.15, 0.2) is 0 Å². The summed E-state index contributed by atoms with van der Waals surface area (Å²) in [6.07, 6.45) is 1.33. The summed E-state index contributed by atoms with van der Waals surface area (Å²) in [5.41, 5.74) is 0. The standard InChI is InChI=1S/C7H12Cl2O2/c1-6(10)11-5-3-4-7(2,8)9/h3-5H2,1-2H3. The van der Waals surface area contributed by atoms with Crippen LogP contribution in [0, 0.1) is 0 Å². The number of carbonyl (C=O) groups is 1. The largest absolute Gasteiger partial charge is 0.466 e. The second kappa shape index (κ2) is 4.83. The molecule has 66 valence electrons. The van der Waals surface area contributed by atoms with Crippen LogP contribution in [-0.2, 0) is 9.53 Å². The summed E-state index contributed by atoms with van der Waals surface area (Å²) in [4.78, 5) is 10.3. The lowest BCUT2D eigenvalue weighted by molar-refractivity contribution is -0.141. The summed E-state index contributed by atoms with van der Waals surface area (Å²) in [5.74, 6) is -0.268. The lowest BCUT2D eigenvalue weighted by atomic mass is 10.2. The fraction of sp³-hybridized carbons (Fsp3) is 0.857. The Morgan fingerprint density at radius 2 is 2.09 bits per heavy atom. The van der Waals surface area contributed by atoms with Crippen molar-refractivity contribution in [3.63, 3.8) is 0 Å². The maximum atomic E-state index is 10.3. The second-order valence-corrected chi connectivity index (χ2v) is 4.38. The van der Waals surface area contributed by atoms with E-state index in [1.165, 1.54) is 6.92 Å². The fourth-order valence-electron chi connectivity index (χ4n) is 0.598. The van der Waals surface area contributed by atoms with Crippen LogP contribution in [0.25, 0.3) is 0 Å². The molecular formula is C7H12Cl2O2. The maximum absolute atomic E-state index is 10.3. The van der Waals surface area contributed by atoms with Crippen LogP contribution in [0.2, 0.25) is 0 Å². The quantitative estimate of drug-likeness (QED) is 0.395. The SMILES string of the molecule is CC(=O)OCCCC(C)(Cl)Cl. The van der Waals surface area contributed by atoms with Crippen LogP contribution in [0.5, 0.6) is 0 Å². The highest BCUT2D eigenvalue weighted by Crippen LogP contribution is 2.25. The van der Waals surface area contributed by atoms with E-state index >= 15 is 0 Å². The number of hydrogen-bond acceptors (Lipinski definition) is 2. The minimum Gasteiger partial charge on any atom is -0.466 e. The lowest BCUT2D eigenvalue weighted by Crippen LogP contribution is -2.08. The molecule has 0 saturated carbocycles. The van der Waals surface area contributed by atoms with E-state index < -0.39 is 4.33 Å². The Bertz CT molecular complexity index is 129. The van der Waals surface area contributed by atoms with E-state index in [0.29, 0.717) is 19.4 Å². The zero-order valence-electron chi connectivity index (χ0n) is 6.69. The van der Waals surface area contributed by atoms with Crippen LogP contribution < -0.4 is 0 Å². The summed E-state index contributed by atoms with van der Waals surface area (Å²) in [7, 11) is 0. The van der Waals surface area contributed by atoms with E-state index in [1.54, 1.807) is 6.92 Å². The van der Waals surface area contributed by atoms with Gasteiger partial charge in [-0.05, 0) is 19.8 Å². The number of carbonyl (C=O) groups excluding carboxylic acids is 1. The van der Waals surface area contributed by atoms with Crippen molar-refractivity contribution >= 4 is 29.2 Å². The monoisotopic (exact) mass is 198 g/mol. The molecule has 0 heterocycles. The molecule has 0 aliphatic rings.